The Kier molecular flexibility index (Phi) is 4.51. The second-order valence-corrected chi connectivity index (χ2v) is 6.29. The minimum absolute atomic E-state index is 0.391. The molecule has 1 heterocycles. The zero-order chi connectivity index (χ0) is 17.9. The van der Waals surface area contributed by atoms with Crippen molar-refractivity contribution in [3.8, 4) is 5.69 Å². The standard InChI is InChI=1S/C18H12Cl2N6/c19-14-9-8-13(16(20)10-14)11-21-22-18-23-24-25-26(18)17-7-3-5-12-4-1-2-6-15(12)17/h1-11H,(H,22,23,25). The van der Waals surface area contributed by atoms with Gasteiger partial charge >= 0.3 is 0 Å². The number of anilines is 1. The maximum Gasteiger partial charge on any atom is 0.268 e. The number of nitrogens with one attached hydrogen (secondary N) is 1. The summed E-state index contributed by atoms with van der Waals surface area (Å²) in [6, 6.07) is 19.2. The highest BCUT2D eigenvalue weighted by Gasteiger charge is 2.10. The second kappa shape index (κ2) is 7.11. The third kappa shape index (κ3) is 3.24. The quantitative estimate of drug-likeness (QED) is 0.414. The van der Waals surface area contributed by atoms with Gasteiger partial charge in [0.05, 0.1) is 16.9 Å². The van der Waals surface area contributed by atoms with Gasteiger partial charge in [0.25, 0.3) is 5.95 Å². The summed E-state index contributed by atoms with van der Waals surface area (Å²) in [6.07, 6.45) is 1.58. The van der Waals surface area contributed by atoms with Crippen molar-refractivity contribution in [3.05, 3.63) is 76.3 Å². The lowest BCUT2D eigenvalue weighted by Crippen LogP contribution is -2.04. The van der Waals surface area contributed by atoms with E-state index in [4.69, 9.17) is 23.2 Å². The van der Waals surface area contributed by atoms with E-state index in [1.165, 1.54) is 0 Å². The maximum atomic E-state index is 6.13. The molecule has 0 aliphatic rings. The van der Waals surface area contributed by atoms with Crippen molar-refractivity contribution in [1.29, 1.82) is 0 Å². The molecule has 128 valence electrons. The number of hydrogen-bond donors (Lipinski definition) is 1. The highest BCUT2D eigenvalue weighted by molar-refractivity contribution is 6.36. The normalized spacial score (nSPS) is 11.3. The number of tetrazole rings is 1. The van der Waals surface area contributed by atoms with Crippen LogP contribution in [0.4, 0.5) is 5.95 Å². The highest BCUT2D eigenvalue weighted by Crippen LogP contribution is 2.23. The summed E-state index contributed by atoms with van der Waals surface area (Å²) in [7, 11) is 0. The van der Waals surface area contributed by atoms with Crippen molar-refractivity contribution >= 4 is 46.1 Å². The smallest absolute Gasteiger partial charge is 0.244 e. The van der Waals surface area contributed by atoms with Crippen molar-refractivity contribution in [2.75, 3.05) is 5.43 Å². The van der Waals surface area contributed by atoms with Gasteiger partial charge in [-0.2, -0.15) is 9.78 Å². The first-order chi connectivity index (χ1) is 12.7. The zero-order valence-electron chi connectivity index (χ0n) is 13.3. The minimum Gasteiger partial charge on any atom is -0.244 e. The van der Waals surface area contributed by atoms with Gasteiger partial charge in [-0.15, -0.1) is 0 Å². The maximum absolute atomic E-state index is 6.13. The summed E-state index contributed by atoms with van der Waals surface area (Å²) >= 11 is 12.0. The van der Waals surface area contributed by atoms with E-state index in [-0.39, 0.29) is 0 Å². The van der Waals surface area contributed by atoms with Gasteiger partial charge in [-0.05, 0) is 34.0 Å². The van der Waals surface area contributed by atoms with Gasteiger partial charge in [-0.3, -0.25) is 0 Å². The molecule has 0 unspecified atom stereocenters. The van der Waals surface area contributed by atoms with Crippen molar-refractivity contribution in [3.63, 3.8) is 0 Å². The van der Waals surface area contributed by atoms with Gasteiger partial charge in [0.2, 0.25) is 0 Å². The Labute approximate surface area is 159 Å². The number of hydrogen-bond acceptors (Lipinski definition) is 5. The van der Waals surface area contributed by atoms with E-state index >= 15 is 0 Å². The lowest BCUT2D eigenvalue weighted by Gasteiger charge is -2.07. The molecular formula is C18H12Cl2N6. The number of halogens is 2. The molecule has 8 heteroatoms. The van der Waals surface area contributed by atoms with Crippen LogP contribution < -0.4 is 5.43 Å². The number of fused-ring (bicyclic) bond motifs is 1. The fraction of sp³-hybridized carbons (Fsp3) is 0. The predicted octanol–water partition coefficient (Wildman–Crippen LogP) is 4.57. The van der Waals surface area contributed by atoms with Crippen LogP contribution in [0.25, 0.3) is 16.5 Å². The molecule has 1 aromatic heterocycles. The monoisotopic (exact) mass is 382 g/mol. The second-order valence-electron chi connectivity index (χ2n) is 5.45. The van der Waals surface area contributed by atoms with E-state index in [1.807, 2.05) is 42.5 Å². The van der Waals surface area contributed by atoms with Crippen LogP contribution in [0.1, 0.15) is 5.56 Å². The number of hydrazone groups is 1. The molecule has 6 nitrogen and oxygen atoms in total. The molecule has 0 atom stereocenters. The topological polar surface area (TPSA) is 68.0 Å². The summed E-state index contributed by atoms with van der Waals surface area (Å²) < 4.78 is 1.60. The van der Waals surface area contributed by atoms with Crippen molar-refractivity contribution in [2.45, 2.75) is 0 Å². The molecule has 4 aromatic rings. The molecule has 0 saturated carbocycles. The van der Waals surface area contributed by atoms with Crippen molar-refractivity contribution < 1.29 is 0 Å². The third-order valence-corrected chi connectivity index (χ3v) is 4.36. The number of nitrogens with zero attached hydrogens (tertiary/aromatic N) is 5. The van der Waals surface area contributed by atoms with Crippen LogP contribution >= 0.6 is 23.2 Å². The minimum atomic E-state index is 0.391. The Morgan fingerprint density at radius 3 is 2.73 bits per heavy atom. The Balaban J connectivity index is 1.64. The van der Waals surface area contributed by atoms with Gasteiger partial charge in [0, 0.05) is 16.0 Å². The SMILES string of the molecule is Clc1ccc(C=NNc2nnnn2-c2cccc3ccccc23)c(Cl)c1. The number of benzene rings is 3. The van der Waals surface area contributed by atoms with Crippen LogP contribution in [-0.2, 0) is 0 Å². The van der Waals surface area contributed by atoms with Crippen LogP contribution in [0.15, 0.2) is 65.8 Å². The van der Waals surface area contributed by atoms with Gasteiger partial charge < -0.3 is 0 Å². The van der Waals surface area contributed by atoms with Gasteiger partial charge in [-0.1, -0.05) is 70.8 Å². The van der Waals surface area contributed by atoms with E-state index in [0.29, 0.717) is 16.0 Å². The molecule has 26 heavy (non-hydrogen) atoms. The fourth-order valence-corrected chi connectivity index (χ4v) is 3.04. The molecule has 0 aliphatic carbocycles. The summed E-state index contributed by atoms with van der Waals surface area (Å²) in [5.41, 5.74) is 4.44. The Morgan fingerprint density at radius 2 is 1.85 bits per heavy atom. The average Bonchev–Trinajstić information content (AvgIpc) is 3.11. The Bertz CT molecular complexity index is 1100. The van der Waals surface area contributed by atoms with Crippen LogP contribution in [0, 0.1) is 0 Å². The predicted molar refractivity (Wildman–Crippen MR) is 104 cm³/mol. The lowest BCUT2D eigenvalue weighted by molar-refractivity contribution is 0.794. The van der Waals surface area contributed by atoms with Crippen LogP contribution in [-0.4, -0.2) is 26.4 Å². The summed E-state index contributed by atoms with van der Waals surface area (Å²) in [4.78, 5) is 0. The molecule has 0 saturated heterocycles. The highest BCUT2D eigenvalue weighted by atomic mass is 35.5. The number of aromatic nitrogens is 4. The largest absolute Gasteiger partial charge is 0.268 e. The van der Waals surface area contributed by atoms with Gasteiger partial charge in [0.15, 0.2) is 0 Å². The Hall–Kier alpha value is -2.96. The molecular weight excluding hydrogens is 371 g/mol. The van der Waals surface area contributed by atoms with Gasteiger partial charge in [-0.25, -0.2) is 5.43 Å². The van der Waals surface area contributed by atoms with Crippen molar-refractivity contribution in [1.82, 2.24) is 20.2 Å². The summed E-state index contributed by atoms with van der Waals surface area (Å²) in [5.74, 6) is 0.391. The fourth-order valence-electron chi connectivity index (χ4n) is 2.58. The first kappa shape index (κ1) is 16.5. The first-order valence-corrected chi connectivity index (χ1v) is 8.48. The molecule has 0 aliphatic heterocycles. The third-order valence-electron chi connectivity index (χ3n) is 3.79. The molecule has 0 radical (unpaired) electrons. The molecule has 0 fully saturated rings. The molecule has 3 aromatic carbocycles. The van der Waals surface area contributed by atoms with Crippen LogP contribution in [0.2, 0.25) is 10.0 Å². The molecule has 0 amide bonds. The van der Waals surface area contributed by atoms with Gasteiger partial charge in [0.1, 0.15) is 0 Å². The van der Waals surface area contributed by atoms with Crippen molar-refractivity contribution in [2.24, 2.45) is 5.10 Å². The average molecular weight is 383 g/mol. The summed E-state index contributed by atoms with van der Waals surface area (Å²) in [5, 5.41) is 19.2. The molecule has 0 bridgehead atoms. The molecule has 1 N–H and O–H groups in total. The van der Waals surface area contributed by atoms with Crippen LogP contribution in [0.5, 0.6) is 0 Å². The van der Waals surface area contributed by atoms with E-state index in [2.05, 4.69) is 26.1 Å². The van der Waals surface area contributed by atoms with E-state index < -0.39 is 0 Å². The first-order valence-electron chi connectivity index (χ1n) is 7.73. The number of rotatable bonds is 4. The molecule has 4 rings (SSSR count). The van der Waals surface area contributed by atoms with E-state index in [9.17, 15) is 0 Å². The zero-order valence-corrected chi connectivity index (χ0v) is 14.9. The van der Waals surface area contributed by atoms with E-state index in [0.717, 1.165) is 22.0 Å². The Morgan fingerprint density at radius 1 is 1.00 bits per heavy atom. The molecule has 0 spiro atoms. The lowest BCUT2D eigenvalue weighted by atomic mass is 10.1. The summed E-state index contributed by atoms with van der Waals surface area (Å²) in [6.45, 7) is 0. The van der Waals surface area contributed by atoms with Crippen LogP contribution in [0.3, 0.4) is 0 Å². The van der Waals surface area contributed by atoms with E-state index in [1.54, 1.807) is 29.1 Å².